The molecular weight excluding hydrogens is 438 g/mol. The number of halogens is 2. The van der Waals surface area contributed by atoms with Crippen molar-refractivity contribution in [2.45, 2.75) is 19.6 Å². The molecule has 166 valence electrons. The summed E-state index contributed by atoms with van der Waals surface area (Å²) in [5.41, 5.74) is 8.06. The third-order valence-electron chi connectivity index (χ3n) is 4.95. The average molecular weight is 458 g/mol. The minimum Gasteiger partial charge on any atom is -0.433 e. The Kier molecular flexibility index (Phi) is 6.22. The topological polar surface area (TPSA) is 96.7 Å². The van der Waals surface area contributed by atoms with Gasteiger partial charge in [0.25, 0.3) is 5.91 Å². The quantitative estimate of drug-likeness (QED) is 0.480. The number of hydrogen-bond acceptors (Lipinski definition) is 5. The molecule has 0 bridgehead atoms. The molecule has 32 heavy (non-hydrogen) atoms. The van der Waals surface area contributed by atoms with Crippen molar-refractivity contribution < 1.29 is 23.1 Å². The number of carbonyl (C=O) groups is 2. The van der Waals surface area contributed by atoms with Crippen LogP contribution in [0.1, 0.15) is 20.1 Å². The molecule has 3 amide bonds. The monoisotopic (exact) mass is 458 g/mol. The molecule has 0 unspecified atom stereocenters. The number of amides is 3. The van der Waals surface area contributed by atoms with E-state index >= 15 is 0 Å². The van der Waals surface area contributed by atoms with Gasteiger partial charge in [-0.1, -0.05) is 24.3 Å². The largest absolute Gasteiger partial charge is 0.433 e. The predicted octanol–water partition coefficient (Wildman–Crippen LogP) is 4.77. The van der Waals surface area contributed by atoms with Gasteiger partial charge in [0.15, 0.2) is 0 Å². The van der Waals surface area contributed by atoms with E-state index in [4.69, 9.17) is 5.73 Å². The van der Waals surface area contributed by atoms with Gasteiger partial charge in [-0.3, -0.25) is 4.79 Å². The number of carbonyl (C=O) groups excluding carboxylic acids is 2. The first-order chi connectivity index (χ1) is 15.4. The maximum absolute atomic E-state index is 12.7. The number of urea groups is 1. The van der Waals surface area contributed by atoms with E-state index in [0.717, 1.165) is 10.4 Å². The first-order valence-corrected chi connectivity index (χ1v) is 10.6. The van der Waals surface area contributed by atoms with Crippen LogP contribution in [0.25, 0.3) is 0 Å². The highest BCUT2D eigenvalue weighted by molar-refractivity contribution is 7.14. The molecular formula is C22H20F2N4O3S. The number of nitrogen functional groups attached to an aromatic ring is 1. The molecule has 0 atom stereocenters. The zero-order valence-corrected chi connectivity index (χ0v) is 17.6. The van der Waals surface area contributed by atoms with Crippen molar-refractivity contribution in [1.29, 1.82) is 0 Å². The fourth-order valence-electron chi connectivity index (χ4n) is 3.36. The van der Waals surface area contributed by atoms with Gasteiger partial charge < -0.3 is 26.0 Å². The molecule has 0 saturated carbocycles. The number of hydrogen-bond donors (Lipinski definition) is 3. The molecule has 0 fully saturated rings. The lowest BCUT2D eigenvalue weighted by Crippen LogP contribution is -2.38. The van der Waals surface area contributed by atoms with Crippen LogP contribution >= 0.6 is 11.3 Å². The molecule has 4 N–H and O–H groups in total. The Morgan fingerprint density at radius 3 is 2.53 bits per heavy atom. The zero-order chi connectivity index (χ0) is 22.7. The van der Waals surface area contributed by atoms with Crippen LogP contribution in [0.15, 0.2) is 54.6 Å². The number of anilines is 3. The van der Waals surface area contributed by atoms with E-state index < -0.39 is 12.6 Å². The van der Waals surface area contributed by atoms with Crippen molar-refractivity contribution in [2.75, 3.05) is 22.9 Å². The molecule has 3 aromatic rings. The Morgan fingerprint density at radius 2 is 1.78 bits per heavy atom. The van der Waals surface area contributed by atoms with E-state index in [9.17, 15) is 18.4 Å². The summed E-state index contributed by atoms with van der Waals surface area (Å²) in [6.45, 7) is -2.25. The van der Waals surface area contributed by atoms with Crippen LogP contribution in [0.4, 0.5) is 30.6 Å². The Morgan fingerprint density at radius 1 is 1.06 bits per heavy atom. The van der Waals surface area contributed by atoms with Crippen molar-refractivity contribution in [3.8, 4) is 5.75 Å². The third-order valence-corrected chi connectivity index (χ3v) is 6.11. The van der Waals surface area contributed by atoms with Gasteiger partial charge in [-0.25, -0.2) is 4.79 Å². The number of alkyl halides is 2. The molecule has 4 rings (SSSR count). The van der Waals surface area contributed by atoms with Crippen LogP contribution < -0.4 is 21.1 Å². The fraction of sp³-hybridized carbons (Fsp3) is 0.182. The van der Waals surface area contributed by atoms with Gasteiger partial charge in [0.1, 0.15) is 5.75 Å². The number of nitrogens with two attached hydrogens (primary N) is 1. The number of thiophene rings is 1. The van der Waals surface area contributed by atoms with Crippen molar-refractivity contribution in [2.24, 2.45) is 0 Å². The van der Waals surface area contributed by atoms with Gasteiger partial charge in [0, 0.05) is 11.4 Å². The highest BCUT2D eigenvalue weighted by Crippen LogP contribution is 2.31. The molecule has 1 aliphatic rings. The van der Waals surface area contributed by atoms with Crippen LogP contribution in [-0.4, -0.2) is 30.0 Å². The van der Waals surface area contributed by atoms with Gasteiger partial charge in [0.2, 0.25) is 0 Å². The second kappa shape index (κ2) is 9.23. The van der Waals surface area contributed by atoms with Crippen molar-refractivity contribution in [3.05, 3.63) is 69.9 Å². The van der Waals surface area contributed by atoms with E-state index in [2.05, 4.69) is 15.4 Å². The van der Waals surface area contributed by atoms with Gasteiger partial charge in [0.05, 0.1) is 28.5 Å². The van der Waals surface area contributed by atoms with Crippen LogP contribution in [-0.2, 0) is 13.0 Å². The summed E-state index contributed by atoms with van der Waals surface area (Å²) in [5.74, 6) is -0.375. The van der Waals surface area contributed by atoms with E-state index in [1.54, 1.807) is 41.3 Å². The Balaban J connectivity index is 1.43. The highest BCUT2D eigenvalue weighted by atomic mass is 32.1. The van der Waals surface area contributed by atoms with Crippen LogP contribution in [0.3, 0.4) is 0 Å². The molecule has 0 saturated heterocycles. The number of nitrogens with one attached hydrogen (secondary N) is 2. The highest BCUT2D eigenvalue weighted by Gasteiger charge is 2.25. The van der Waals surface area contributed by atoms with Crippen molar-refractivity contribution >= 4 is 40.3 Å². The summed E-state index contributed by atoms with van der Waals surface area (Å²) in [6, 6.07) is 14.4. The second-order valence-electron chi connectivity index (χ2n) is 7.08. The third kappa shape index (κ3) is 4.80. The summed E-state index contributed by atoms with van der Waals surface area (Å²) in [5, 5.41) is 5.43. The standard InChI is InChI=1S/C22H20F2N4O3S/c23-21(24)31-17-8-4-3-7-16(17)27-22(30)28-10-9-13-11-18(32-19(13)12-28)20(29)26-15-6-2-1-5-14(15)25/h1-8,11,21H,9-10,12,25H2,(H,26,29)(H,27,30). The number of fused-ring (bicyclic) bond motifs is 1. The van der Waals surface area contributed by atoms with Gasteiger partial charge in [-0.15, -0.1) is 11.3 Å². The lowest BCUT2D eigenvalue weighted by Gasteiger charge is -2.27. The first kappa shape index (κ1) is 21.6. The number of rotatable bonds is 5. The van der Waals surface area contributed by atoms with Gasteiger partial charge in [-0.2, -0.15) is 8.78 Å². The lowest BCUT2D eigenvalue weighted by molar-refractivity contribution is -0.0493. The molecule has 1 aromatic heterocycles. The van der Waals surface area contributed by atoms with Gasteiger partial charge in [-0.05, 0) is 42.3 Å². The number of benzene rings is 2. The fourth-order valence-corrected chi connectivity index (χ4v) is 4.49. The molecule has 0 aliphatic carbocycles. The lowest BCUT2D eigenvalue weighted by atomic mass is 10.1. The Labute approximate surface area is 186 Å². The van der Waals surface area contributed by atoms with Gasteiger partial charge >= 0.3 is 12.6 Å². The van der Waals surface area contributed by atoms with Crippen LogP contribution in [0, 0.1) is 0 Å². The second-order valence-corrected chi connectivity index (χ2v) is 8.21. The number of para-hydroxylation sites is 4. The summed E-state index contributed by atoms with van der Waals surface area (Å²) in [6.07, 6.45) is 0.579. The van der Waals surface area contributed by atoms with Crippen molar-refractivity contribution in [3.63, 3.8) is 0 Å². The smallest absolute Gasteiger partial charge is 0.387 e. The summed E-state index contributed by atoms with van der Waals surface area (Å²) in [4.78, 5) is 28.3. The number of ether oxygens (including phenoxy) is 1. The molecule has 1 aliphatic heterocycles. The summed E-state index contributed by atoms with van der Waals surface area (Å²) in [7, 11) is 0. The normalized spacial score (nSPS) is 12.9. The van der Waals surface area contributed by atoms with Crippen LogP contribution in [0.5, 0.6) is 5.75 Å². The molecule has 2 heterocycles. The summed E-state index contributed by atoms with van der Waals surface area (Å²) < 4.78 is 29.7. The Bertz CT molecular complexity index is 1150. The van der Waals surface area contributed by atoms with Crippen LogP contribution in [0.2, 0.25) is 0 Å². The molecule has 0 spiro atoms. The minimum absolute atomic E-state index is 0.108. The molecule has 0 radical (unpaired) electrons. The zero-order valence-electron chi connectivity index (χ0n) is 16.8. The van der Waals surface area contributed by atoms with E-state index in [1.165, 1.54) is 23.5 Å². The van der Waals surface area contributed by atoms with Crippen molar-refractivity contribution in [1.82, 2.24) is 4.90 Å². The maximum atomic E-state index is 12.7. The Hall–Kier alpha value is -3.66. The molecule has 7 nitrogen and oxygen atoms in total. The molecule has 2 aromatic carbocycles. The van der Waals surface area contributed by atoms with E-state index in [0.29, 0.717) is 35.8 Å². The van der Waals surface area contributed by atoms with E-state index in [-0.39, 0.29) is 17.3 Å². The first-order valence-electron chi connectivity index (χ1n) is 9.78. The van der Waals surface area contributed by atoms with E-state index in [1.807, 2.05) is 6.07 Å². The predicted molar refractivity (Wildman–Crippen MR) is 119 cm³/mol. The average Bonchev–Trinajstić information content (AvgIpc) is 3.20. The minimum atomic E-state index is -2.99. The molecule has 10 heteroatoms. The number of nitrogens with zero attached hydrogens (tertiary/aromatic N) is 1. The SMILES string of the molecule is Nc1ccccc1NC(=O)c1cc2c(s1)CN(C(=O)Nc1ccccc1OC(F)F)CC2. The summed E-state index contributed by atoms with van der Waals surface area (Å²) >= 11 is 1.31. The maximum Gasteiger partial charge on any atom is 0.387 e.